The molecule has 0 saturated heterocycles. The molecule has 0 radical (unpaired) electrons. The summed E-state index contributed by atoms with van der Waals surface area (Å²) in [4.78, 5) is 12.1. The highest BCUT2D eigenvalue weighted by Gasteiger charge is 2.15. The first-order valence-corrected chi connectivity index (χ1v) is 5.62. The van der Waals surface area contributed by atoms with Gasteiger partial charge in [0.2, 0.25) is 0 Å². The molecule has 1 heterocycles. The van der Waals surface area contributed by atoms with Gasteiger partial charge >= 0.3 is 0 Å². The summed E-state index contributed by atoms with van der Waals surface area (Å²) < 4.78 is 5.09. The maximum Gasteiger partial charge on any atom is 0.260 e. The lowest BCUT2D eigenvalue weighted by Crippen LogP contribution is -2.14. The first kappa shape index (κ1) is 12.9. The Bertz CT molecular complexity index is 660. The second kappa shape index (κ2) is 5.42. The molecule has 2 N–H and O–H groups in total. The van der Waals surface area contributed by atoms with E-state index in [9.17, 15) is 4.79 Å². The predicted octanol–water partition coefficient (Wildman–Crippen LogP) is 2.20. The van der Waals surface area contributed by atoms with Crippen molar-refractivity contribution in [2.45, 2.75) is 0 Å². The van der Waals surface area contributed by atoms with Crippen molar-refractivity contribution < 1.29 is 9.53 Å². The van der Waals surface area contributed by atoms with Crippen LogP contribution in [0.3, 0.4) is 0 Å². The quantitative estimate of drug-likeness (QED) is 0.899. The minimum atomic E-state index is -0.444. The van der Waals surface area contributed by atoms with Crippen molar-refractivity contribution in [1.29, 1.82) is 5.26 Å². The van der Waals surface area contributed by atoms with Crippen molar-refractivity contribution in [3.05, 3.63) is 40.5 Å². The Morgan fingerprint density at radius 2 is 2.37 bits per heavy atom. The van der Waals surface area contributed by atoms with E-state index in [1.807, 2.05) is 6.07 Å². The summed E-state index contributed by atoms with van der Waals surface area (Å²) in [6.45, 7) is 0. The summed E-state index contributed by atoms with van der Waals surface area (Å²) in [5, 5.41) is 18.0. The molecule has 0 bridgehead atoms. The zero-order valence-electron chi connectivity index (χ0n) is 9.90. The van der Waals surface area contributed by atoms with Crippen LogP contribution in [0.1, 0.15) is 15.9 Å². The van der Waals surface area contributed by atoms with E-state index in [1.54, 1.807) is 12.1 Å². The van der Waals surface area contributed by atoms with Crippen LogP contribution in [0.2, 0.25) is 5.02 Å². The summed E-state index contributed by atoms with van der Waals surface area (Å²) in [7, 11) is 1.46. The van der Waals surface area contributed by atoms with Crippen molar-refractivity contribution in [1.82, 2.24) is 10.2 Å². The van der Waals surface area contributed by atoms with E-state index < -0.39 is 5.91 Å². The zero-order chi connectivity index (χ0) is 13.8. The number of rotatable bonds is 3. The molecule has 0 aliphatic rings. The molecular weight excluding hydrogens is 268 g/mol. The largest absolute Gasteiger partial charge is 0.496 e. The second-order valence-corrected chi connectivity index (χ2v) is 4.01. The summed E-state index contributed by atoms with van der Waals surface area (Å²) in [6, 6.07) is 6.60. The minimum absolute atomic E-state index is 0.231. The Balaban J connectivity index is 2.30. The number of amides is 1. The Morgan fingerprint density at radius 3 is 3.05 bits per heavy atom. The Morgan fingerprint density at radius 1 is 1.58 bits per heavy atom. The Labute approximate surface area is 114 Å². The molecule has 7 heteroatoms. The van der Waals surface area contributed by atoms with Gasteiger partial charge in [-0.05, 0) is 18.2 Å². The minimum Gasteiger partial charge on any atom is -0.496 e. The van der Waals surface area contributed by atoms with E-state index in [2.05, 4.69) is 15.5 Å². The van der Waals surface area contributed by atoms with Crippen LogP contribution in [0.5, 0.6) is 5.75 Å². The maximum atomic E-state index is 12.1. The van der Waals surface area contributed by atoms with Gasteiger partial charge in [-0.15, -0.1) is 0 Å². The highest BCUT2D eigenvalue weighted by atomic mass is 35.5. The lowest BCUT2D eigenvalue weighted by Gasteiger charge is -2.08. The van der Waals surface area contributed by atoms with Crippen molar-refractivity contribution in [3.8, 4) is 11.8 Å². The first-order chi connectivity index (χ1) is 9.15. The highest BCUT2D eigenvalue weighted by Crippen LogP contribution is 2.23. The van der Waals surface area contributed by atoms with Gasteiger partial charge in [0.25, 0.3) is 5.91 Å². The second-order valence-electron chi connectivity index (χ2n) is 3.57. The molecule has 0 atom stereocenters. The molecule has 0 aliphatic carbocycles. The maximum absolute atomic E-state index is 12.1. The SMILES string of the molecule is COc1ccc(Cl)cc1C(=O)Nc1[nH]ncc1C#N. The van der Waals surface area contributed by atoms with Crippen LogP contribution in [0.25, 0.3) is 0 Å². The molecule has 6 nitrogen and oxygen atoms in total. The van der Waals surface area contributed by atoms with Crippen LogP contribution in [-0.2, 0) is 0 Å². The average Bonchev–Trinajstić information content (AvgIpc) is 2.85. The first-order valence-electron chi connectivity index (χ1n) is 5.24. The van der Waals surface area contributed by atoms with E-state index >= 15 is 0 Å². The molecule has 2 aromatic rings. The third-order valence-corrected chi connectivity index (χ3v) is 2.64. The topological polar surface area (TPSA) is 90.8 Å². The van der Waals surface area contributed by atoms with Gasteiger partial charge < -0.3 is 10.1 Å². The third-order valence-electron chi connectivity index (χ3n) is 2.40. The number of hydrogen-bond donors (Lipinski definition) is 2. The van der Waals surface area contributed by atoms with Gasteiger partial charge in [0, 0.05) is 5.02 Å². The normalized spacial score (nSPS) is 9.74. The summed E-state index contributed by atoms with van der Waals surface area (Å²) in [5.74, 6) is 0.176. The third kappa shape index (κ3) is 2.67. The summed E-state index contributed by atoms with van der Waals surface area (Å²) in [5.41, 5.74) is 0.517. The molecule has 0 spiro atoms. The van der Waals surface area contributed by atoms with Crippen LogP contribution < -0.4 is 10.1 Å². The van der Waals surface area contributed by atoms with Gasteiger partial charge in [0.05, 0.1) is 18.9 Å². The van der Waals surface area contributed by atoms with Crippen LogP contribution in [0.15, 0.2) is 24.4 Å². The van der Waals surface area contributed by atoms with Crippen LogP contribution in [0.4, 0.5) is 5.82 Å². The monoisotopic (exact) mass is 276 g/mol. The molecule has 1 aromatic heterocycles. The number of ether oxygens (including phenoxy) is 1. The van der Waals surface area contributed by atoms with E-state index in [-0.39, 0.29) is 16.9 Å². The number of anilines is 1. The number of aromatic amines is 1. The van der Waals surface area contributed by atoms with Crippen molar-refractivity contribution in [2.75, 3.05) is 12.4 Å². The number of carbonyl (C=O) groups excluding carboxylic acids is 1. The zero-order valence-corrected chi connectivity index (χ0v) is 10.7. The molecular formula is C12H9ClN4O2. The fourth-order valence-corrected chi connectivity index (χ4v) is 1.68. The number of methoxy groups -OCH3 is 1. The molecule has 0 fully saturated rings. The Kier molecular flexibility index (Phi) is 3.68. The number of H-pyrrole nitrogens is 1. The van der Waals surface area contributed by atoms with Crippen molar-refractivity contribution in [3.63, 3.8) is 0 Å². The molecule has 0 unspecified atom stereocenters. The molecule has 19 heavy (non-hydrogen) atoms. The standard InChI is InChI=1S/C12H9ClN4O2/c1-19-10-3-2-8(13)4-9(10)12(18)16-11-7(5-14)6-15-17-11/h2-4,6H,1H3,(H2,15,16,17,18). The predicted molar refractivity (Wildman–Crippen MR) is 69.3 cm³/mol. The number of carbonyl (C=O) groups is 1. The number of nitrogens with zero attached hydrogens (tertiary/aromatic N) is 2. The number of benzene rings is 1. The van der Waals surface area contributed by atoms with E-state index in [0.29, 0.717) is 10.8 Å². The number of halogens is 1. The number of aromatic nitrogens is 2. The fraction of sp³-hybridized carbons (Fsp3) is 0.0833. The van der Waals surface area contributed by atoms with Crippen LogP contribution in [-0.4, -0.2) is 23.2 Å². The molecule has 0 aliphatic heterocycles. The van der Waals surface area contributed by atoms with Gasteiger partial charge in [-0.2, -0.15) is 10.4 Å². The molecule has 1 aromatic carbocycles. The van der Waals surface area contributed by atoms with Gasteiger partial charge in [-0.1, -0.05) is 11.6 Å². The molecule has 1 amide bonds. The average molecular weight is 277 g/mol. The number of nitriles is 1. The molecule has 0 saturated carbocycles. The number of nitrogens with one attached hydrogen (secondary N) is 2. The molecule has 96 valence electrons. The van der Waals surface area contributed by atoms with Gasteiger partial charge in [0.15, 0.2) is 0 Å². The van der Waals surface area contributed by atoms with E-state index in [1.165, 1.54) is 19.4 Å². The fourth-order valence-electron chi connectivity index (χ4n) is 1.50. The van der Waals surface area contributed by atoms with Crippen LogP contribution in [0, 0.1) is 11.3 Å². The lowest BCUT2D eigenvalue weighted by atomic mass is 10.2. The van der Waals surface area contributed by atoms with E-state index in [4.69, 9.17) is 21.6 Å². The lowest BCUT2D eigenvalue weighted by molar-refractivity contribution is 0.102. The highest BCUT2D eigenvalue weighted by molar-refractivity contribution is 6.31. The van der Waals surface area contributed by atoms with Crippen LogP contribution >= 0.6 is 11.6 Å². The van der Waals surface area contributed by atoms with Gasteiger partial charge in [-0.3, -0.25) is 9.89 Å². The molecule has 2 rings (SSSR count). The van der Waals surface area contributed by atoms with Crippen molar-refractivity contribution in [2.24, 2.45) is 0 Å². The summed E-state index contributed by atoms with van der Waals surface area (Å²) >= 11 is 5.85. The van der Waals surface area contributed by atoms with E-state index in [0.717, 1.165) is 0 Å². The van der Waals surface area contributed by atoms with Crippen molar-refractivity contribution >= 4 is 23.3 Å². The number of hydrogen-bond acceptors (Lipinski definition) is 4. The Hall–Kier alpha value is -2.52. The van der Waals surface area contributed by atoms with Gasteiger partial charge in [-0.25, -0.2) is 0 Å². The summed E-state index contributed by atoms with van der Waals surface area (Å²) in [6.07, 6.45) is 1.32. The smallest absolute Gasteiger partial charge is 0.260 e. The van der Waals surface area contributed by atoms with Gasteiger partial charge in [0.1, 0.15) is 23.2 Å².